The Morgan fingerprint density at radius 2 is 1.30 bits per heavy atom. The number of carbonyl (C=O) groups is 2. The molecule has 0 aliphatic carbocycles. The third-order valence-electron chi connectivity index (χ3n) is 3.41. The fraction of sp³-hybridized carbons (Fsp3) is 0.833. The highest BCUT2D eigenvalue weighted by atomic mass is 32.2. The first-order valence-electron chi connectivity index (χ1n) is 6.33. The van der Waals surface area contributed by atoms with Crippen LogP contribution in [0.25, 0.3) is 0 Å². The van der Waals surface area contributed by atoms with Gasteiger partial charge in [-0.25, -0.2) is 0 Å². The molecule has 20 heavy (non-hydrogen) atoms. The molecule has 2 aliphatic rings. The summed E-state index contributed by atoms with van der Waals surface area (Å²) in [7, 11) is 0. The van der Waals surface area contributed by atoms with Crippen LogP contribution >= 0.6 is 23.5 Å². The van der Waals surface area contributed by atoms with E-state index in [2.05, 4.69) is 0 Å². The van der Waals surface area contributed by atoms with Crippen LogP contribution in [-0.2, 0) is 19.1 Å². The van der Waals surface area contributed by atoms with E-state index in [1.807, 2.05) is 0 Å². The molecule has 0 aromatic carbocycles. The lowest BCUT2D eigenvalue weighted by atomic mass is 9.92. The molecule has 0 aromatic heterocycles. The van der Waals surface area contributed by atoms with Crippen molar-refractivity contribution in [2.24, 2.45) is 11.8 Å². The molecule has 8 heteroatoms. The summed E-state index contributed by atoms with van der Waals surface area (Å²) in [5.74, 6) is -2.13. The van der Waals surface area contributed by atoms with E-state index >= 15 is 0 Å². The maximum absolute atomic E-state index is 11.5. The molecule has 2 unspecified atom stereocenters. The van der Waals surface area contributed by atoms with E-state index in [1.54, 1.807) is 27.7 Å². The maximum atomic E-state index is 11.5. The molecule has 0 radical (unpaired) electrons. The van der Waals surface area contributed by atoms with Gasteiger partial charge in [0.25, 0.3) is 0 Å². The number of thioether (sulfide) groups is 2. The first-order chi connectivity index (χ1) is 9.05. The van der Waals surface area contributed by atoms with Crippen molar-refractivity contribution in [3.05, 3.63) is 0 Å². The minimum atomic E-state index is -1.72. The Kier molecular flexibility index (Phi) is 3.82. The molecule has 2 aliphatic heterocycles. The van der Waals surface area contributed by atoms with Crippen LogP contribution in [0.15, 0.2) is 0 Å². The topological polar surface area (TPSA) is 93.1 Å². The highest BCUT2D eigenvalue weighted by Crippen LogP contribution is 2.67. The molecule has 1 spiro atoms. The maximum Gasteiger partial charge on any atom is 0.364 e. The Morgan fingerprint density at radius 1 is 0.950 bits per heavy atom. The lowest BCUT2D eigenvalue weighted by Gasteiger charge is -2.40. The molecule has 2 rings (SSSR count). The second-order valence-corrected chi connectivity index (χ2v) is 8.52. The van der Waals surface area contributed by atoms with Gasteiger partial charge in [-0.1, -0.05) is 27.7 Å². The van der Waals surface area contributed by atoms with Gasteiger partial charge in [0.2, 0.25) is 0 Å². The Bertz CT molecular complexity index is 411. The molecule has 0 bridgehead atoms. The third-order valence-corrected chi connectivity index (χ3v) is 7.06. The van der Waals surface area contributed by atoms with Gasteiger partial charge in [0, 0.05) is 0 Å². The van der Waals surface area contributed by atoms with E-state index in [-0.39, 0.29) is 11.8 Å². The number of hydrogen-bond acceptors (Lipinski definition) is 8. The van der Waals surface area contributed by atoms with Crippen LogP contribution in [0.2, 0.25) is 0 Å². The highest BCUT2D eigenvalue weighted by molar-refractivity contribution is 8.22. The zero-order valence-corrected chi connectivity index (χ0v) is 13.3. The normalized spacial score (nSPS) is 36.6. The molecular formula is C12H18O6S2. The number of aliphatic hydroxyl groups is 2. The molecule has 0 amide bonds. The van der Waals surface area contributed by atoms with Gasteiger partial charge in [-0.15, -0.1) is 0 Å². The van der Waals surface area contributed by atoms with Gasteiger partial charge >= 0.3 is 16.4 Å². The molecule has 2 atom stereocenters. The monoisotopic (exact) mass is 322 g/mol. The third kappa shape index (κ3) is 2.22. The Balaban J connectivity index is 2.42. The van der Waals surface area contributed by atoms with E-state index in [9.17, 15) is 19.8 Å². The first kappa shape index (κ1) is 15.9. The number of ether oxygens (including phenoxy) is 2. The predicted octanol–water partition coefficient (Wildman–Crippen LogP) is 1.26. The minimum absolute atomic E-state index is 0.342. The summed E-state index contributed by atoms with van der Waals surface area (Å²) in [6, 6.07) is 0. The van der Waals surface area contributed by atoms with Crippen molar-refractivity contribution in [3.8, 4) is 0 Å². The molecule has 6 nitrogen and oxygen atoms in total. The van der Waals surface area contributed by atoms with Crippen molar-refractivity contribution in [3.63, 3.8) is 0 Å². The zero-order valence-electron chi connectivity index (χ0n) is 11.7. The largest absolute Gasteiger partial charge is 0.403 e. The summed E-state index contributed by atoms with van der Waals surface area (Å²) < 4.78 is 8.52. The number of rotatable bonds is 2. The van der Waals surface area contributed by atoms with Crippen LogP contribution in [0.3, 0.4) is 0 Å². The van der Waals surface area contributed by atoms with Crippen molar-refractivity contribution < 1.29 is 29.3 Å². The number of esters is 2. The molecule has 2 fully saturated rings. The van der Waals surface area contributed by atoms with Crippen LogP contribution < -0.4 is 0 Å². The van der Waals surface area contributed by atoms with Crippen LogP contribution in [0.4, 0.5) is 0 Å². The molecule has 114 valence electrons. The van der Waals surface area contributed by atoms with Gasteiger partial charge in [0.05, 0.1) is 0 Å². The van der Waals surface area contributed by atoms with Gasteiger partial charge in [-0.3, -0.25) is 9.59 Å². The molecule has 2 saturated heterocycles. The van der Waals surface area contributed by atoms with Gasteiger partial charge in [-0.2, -0.15) is 0 Å². The van der Waals surface area contributed by atoms with E-state index in [1.165, 1.54) is 0 Å². The Labute approximate surface area is 125 Å². The first-order valence-corrected chi connectivity index (χ1v) is 7.97. The van der Waals surface area contributed by atoms with Gasteiger partial charge in [0.15, 0.2) is 9.87 Å². The standard InChI is InChI=1S/C12H18O6S2/c1-6(2)10(15)11(16,7(3)4)20-12(19-10)17-8(13)5-9(14)18-12/h6-7,15-16H,5H2,1-4H3. The van der Waals surface area contributed by atoms with Crippen molar-refractivity contribution >= 4 is 35.5 Å². The van der Waals surface area contributed by atoms with Gasteiger partial charge in [0.1, 0.15) is 6.42 Å². The second-order valence-electron chi connectivity index (χ2n) is 5.53. The minimum Gasteiger partial charge on any atom is -0.403 e. The van der Waals surface area contributed by atoms with Gasteiger partial charge < -0.3 is 19.7 Å². The molecule has 0 aromatic rings. The average molecular weight is 322 g/mol. The van der Waals surface area contributed by atoms with Crippen molar-refractivity contribution in [1.29, 1.82) is 0 Å². The fourth-order valence-corrected chi connectivity index (χ4v) is 5.90. The van der Waals surface area contributed by atoms with E-state index in [0.717, 1.165) is 23.5 Å². The van der Waals surface area contributed by atoms with E-state index < -0.39 is 32.7 Å². The van der Waals surface area contributed by atoms with Crippen LogP contribution in [0, 0.1) is 11.8 Å². The molecule has 0 saturated carbocycles. The smallest absolute Gasteiger partial charge is 0.364 e. The molecule has 2 N–H and O–H groups in total. The van der Waals surface area contributed by atoms with Crippen LogP contribution in [-0.4, -0.2) is 36.5 Å². The summed E-state index contributed by atoms with van der Waals surface area (Å²) in [5.41, 5.74) is 0. The number of hydrogen-bond donors (Lipinski definition) is 2. The number of carbonyl (C=O) groups excluding carboxylic acids is 2. The van der Waals surface area contributed by atoms with Crippen molar-refractivity contribution in [2.75, 3.05) is 0 Å². The average Bonchev–Trinajstić information content (AvgIpc) is 2.47. The summed E-state index contributed by atoms with van der Waals surface area (Å²) in [4.78, 5) is 19.8. The van der Waals surface area contributed by atoms with Crippen molar-refractivity contribution in [2.45, 2.75) is 48.4 Å². The summed E-state index contributed by atoms with van der Waals surface area (Å²) >= 11 is 1.54. The summed E-state index contributed by atoms with van der Waals surface area (Å²) in [5, 5.41) is 21.7. The lowest BCUT2D eigenvalue weighted by molar-refractivity contribution is -0.193. The Hall–Kier alpha value is -0.440. The molecule has 2 heterocycles. The zero-order chi connectivity index (χ0) is 15.3. The van der Waals surface area contributed by atoms with Crippen LogP contribution in [0.1, 0.15) is 34.1 Å². The highest BCUT2D eigenvalue weighted by Gasteiger charge is 2.71. The Morgan fingerprint density at radius 3 is 1.60 bits per heavy atom. The SMILES string of the molecule is CC(C)C1(O)SC2(OC(=O)CC(=O)O2)SC1(O)C(C)C. The predicted molar refractivity (Wildman–Crippen MR) is 74.3 cm³/mol. The quantitative estimate of drug-likeness (QED) is 0.580. The second kappa shape index (κ2) is 4.79. The lowest BCUT2D eigenvalue weighted by Crippen LogP contribution is -2.53. The van der Waals surface area contributed by atoms with E-state index in [4.69, 9.17) is 9.47 Å². The van der Waals surface area contributed by atoms with Crippen LogP contribution in [0.5, 0.6) is 0 Å². The summed E-state index contributed by atoms with van der Waals surface area (Å²) in [6.07, 6.45) is -0.455. The molecular weight excluding hydrogens is 304 g/mol. The van der Waals surface area contributed by atoms with Gasteiger partial charge in [-0.05, 0) is 35.4 Å². The fourth-order valence-electron chi connectivity index (χ4n) is 2.18. The van der Waals surface area contributed by atoms with Crippen molar-refractivity contribution in [1.82, 2.24) is 0 Å². The summed E-state index contributed by atoms with van der Waals surface area (Å²) in [6.45, 7) is 6.97. The van der Waals surface area contributed by atoms with E-state index in [0.29, 0.717) is 0 Å².